The van der Waals surface area contributed by atoms with Crippen LogP contribution in [-0.2, 0) is 19.1 Å². The molecule has 1 N–H and O–H groups in total. The number of alkyl halides is 1. The first-order chi connectivity index (χ1) is 20.3. The molecule has 0 saturated carbocycles. The molecule has 6 atom stereocenters. The smallest absolute Gasteiger partial charge is 0.248 e. The van der Waals surface area contributed by atoms with Gasteiger partial charge in [0, 0.05) is 43.3 Å². The van der Waals surface area contributed by atoms with Crippen molar-refractivity contribution in [3.8, 4) is 5.75 Å². The Morgan fingerprint density at radius 3 is 2.48 bits per heavy atom. The van der Waals surface area contributed by atoms with Crippen LogP contribution in [0.5, 0.6) is 5.75 Å². The molecule has 0 aromatic heterocycles. The number of hydrogen-bond donors (Lipinski definition) is 1. The van der Waals surface area contributed by atoms with E-state index in [0.29, 0.717) is 44.0 Å². The van der Waals surface area contributed by atoms with Crippen LogP contribution in [0.1, 0.15) is 46.0 Å². The zero-order chi connectivity index (χ0) is 30.4. The quantitative estimate of drug-likeness (QED) is 0.166. The van der Waals surface area contributed by atoms with Gasteiger partial charge in [0.05, 0.1) is 24.5 Å². The van der Waals surface area contributed by atoms with E-state index in [1.807, 2.05) is 31.2 Å². The molecule has 2 bridgehead atoms. The number of aliphatic hydroxyl groups is 1. The summed E-state index contributed by atoms with van der Waals surface area (Å²) in [7, 11) is 0. The van der Waals surface area contributed by atoms with Crippen LogP contribution < -0.4 is 9.64 Å². The minimum Gasteiger partial charge on any atom is -0.494 e. The number of likely N-dealkylation sites (tertiary alicyclic amines) is 1. The Hall–Kier alpha value is -2.69. The molecule has 3 unspecified atom stereocenters. The first kappa shape index (κ1) is 32.2. The number of carbonyl (C=O) groups is 3. The Kier molecular flexibility index (Phi) is 10.9. The van der Waals surface area contributed by atoms with Gasteiger partial charge in [-0.2, -0.15) is 0 Å². The lowest BCUT2D eigenvalue weighted by Crippen LogP contribution is -2.57. The van der Waals surface area contributed by atoms with Crippen molar-refractivity contribution < 1.29 is 29.0 Å². The number of ether oxygens (including phenoxy) is 2. The third-order valence-corrected chi connectivity index (χ3v) is 9.44. The van der Waals surface area contributed by atoms with Gasteiger partial charge in [-0.25, -0.2) is 0 Å². The summed E-state index contributed by atoms with van der Waals surface area (Å²) in [6, 6.07) is 6.38. The fourth-order valence-electron chi connectivity index (χ4n) is 6.87. The van der Waals surface area contributed by atoms with Crippen molar-refractivity contribution in [2.24, 2.45) is 11.8 Å². The van der Waals surface area contributed by atoms with Crippen LogP contribution in [0.25, 0.3) is 0 Å². The molecule has 0 aliphatic carbocycles. The molecule has 42 heavy (non-hydrogen) atoms. The number of halogens is 1. The molecule has 4 rings (SSSR count). The van der Waals surface area contributed by atoms with Gasteiger partial charge in [-0.15, -0.1) is 13.2 Å². The zero-order valence-electron chi connectivity index (χ0n) is 24.8. The summed E-state index contributed by atoms with van der Waals surface area (Å²) in [6.45, 7) is 13.5. The maximum Gasteiger partial charge on any atom is 0.248 e. The monoisotopic (exact) mass is 645 g/mol. The minimum absolute atomic E-state index is 0.118. The largest absolute Gasteiger partial charge is 0.494 e. The molecule has 10 heteroatoms. The van der Waals surface area contributed by atoms with Crippen molar-refractivity contribution in [1.82, 2.24) is 9.80 Å². The third kappa shape index (κ3) is 5.90. The Labute approximate surface area is 257 Å². The lowest BCUT2D eigenvalue weighted by atomic mass is 9.70. The van der Waals surface area contributed by atoms with E-state index in [4.69, 9.17) is 9.47 Å². The minimum atomic E-state index is -1.15. The number of anilines is 1. The highest BCUT2D eigenvalue weighted by Gasteiger charge is 2.76. The Balaban J connectivity index is 1.72. The first-order valence-electron chi connectivity index (χ1n) is 15.1. The van der Waals surface area contributed by atoms with Crippen LogP contribution in [0, 0.1) is 11.8 Å². The summed E-state index contributed by atoms with van der Waals surface area (Å²) in [4.78, 5) is 47.7. The predicted molar refractivity (Wildman–Crippen MR) is 166 cm³/mol. The van der Waals surface area contributed by atoms with E-state index in [1.165, 1.54) is 0 Å². The molecule has 1 spiro atoms. The summed E-state index contributed by atoms with van der Waals surface area (Å²) in [5.74, 6) is -1.60. The van der Waals surface area contributed by atoms with E-state index in [0.717, 1.165) is 19.3 Å². The zero-order valence-corrected chi connectivity index (χ0v) is 26.3. The Bertz CT molecular complexity index is 1150. The van der Waals surface area contributed by atoms with Crippen molar-refractivity contribution >= 4 is 39.3 Å². The van der Waals surface area contributed by atoms with E-state index < -0.39 is 29.6 Å². The van der Waals surface area contributed by atoms with E-state index in [2.05, 4.69) is 36.0 Å². The molecule has 9 nitrogen and oxygen atoms in total. The molecular formula is C32H44BrN3O6. The molecule has 230 valence electrons. The maximum absolute atomic E-state index is 14.4. The molecule has 3 aliphatic heterocycles. The third-order valence-electron chi connectivity index (χ3n) is 8.60. The fraction of sp³-hybridized carbons (Fsp3) is 0.594. The SMILES string of the molecule is C=CCN(CCCCC)C(=O)C1N(CCCO)C(=O)[C@@H]2[C@H](C(=O)N(CC=C)c3ccc(OCC)cc3)[C@H]3OC12CC3Br. The number of unbranched alkanes of at least 4 members (excludes halogenated alkanes) is 2. The highest BCUT2D eigenvalue weighted by Crippen LogP contribution is 2.60. The van der Waals surface area contributed by atoms with Crippen molar-refractivity contribution in [3.63, 3.8) is 0 Å². The number of fused-ring (bicyclic) bond motifs is 1. The van der Waals surface area contributed by atoms with Crippen molar-refractivity contribution in [3.05, 3.63) is 49.6 Å². The number of carbonyl (C=O) groups excluding carboxylic acids is 3. The Morgan fingerprint density at radius 2 is 1.86 bits per heavy atom. The van der Waals surface area contributed by atoms with Gasteiger partial charge in [-0.1, -0.05) is 47.8 Å². The van der Waals surface area contributed by atoms with Gasteiger partial charge in [-0.05, 0) is 50.5 Å². The molecule has 3 saturated heterocycles. The van der Waals surface area contributed by atoms with Crippen molar-refractivity contribution in [2.75, 3.05) is 44.3 Å². The second kappa shape index (κ2) is 14.2. The average Bonchev–Trinajstić information content (AvgIpc) is 3.57. The summed E-state index contributed by atoms with van der Waals surface area (Å²) in [5, 5.41) is 9.64. The molecular weight excluding hydrogens is 602 g/mol. The second-order valence-electron chi connectivity index (χ2n) is 11.2. The van der Waals surface area contributed by atoms with E-state index >= 15 is 0 Å². The molecule has 1 aromatic rings. The van der Waals surface area contributed by atoms with Crippen LogP contribution in [0.3, 0.4) is 0 Å². The highest BCUT2D eigenvalue weighted by atomic mass is 79.9. The highest BCUT2D eigenvalue weighted by molar-refractivity contribution is 9.09. The lowest BCUT2D eigenvalue weighted by molar-refractivity contribution is -0.147. The molecule has 1 aromatic carbocycles. The number of nitrogens with zero attached hydrogens (tertiary/aromatic N) is 3. The molecule has 3 fully saturated rings. The van der Waals surface area contributed by atoms with Gasteiger partial charge < -0.3 is 29.3 Å². The number of aliphatic hydroxyl groups excluding tert-OH is 1. The summed E-state index contributed by atoms with van der Waals surface area (Å²) in [6.07, 6.45) is 6.39. The molecule has 3 heterocycles. The number of amides is 3. The first-order valence-corrected chi connectivity index (χ1v) is 16.0. The maximum atomic E-state index is 14.4. The number of hydrogen-bond acceptors (Lipinski definition) is 6. The van der Waals surface area contributed by atoms with Crippen molar-refractivity contribution in [2.45, 2.75) is 68.5 Å². The van der Waals surface area contributed by atoms with Crippen LogP contribution in [0.2, 0.25) is 0 Å². The normalized spacial score (nSPS) is 27.6. The van der Waals surface area contributed by atoms with E-state index in [1.54, 1.807) is 26.9 Å². The number of rotatable bonds is 16. The molecule has 3 aliphatic rings. The average molecular weight is 647 g/mol. The van der Waals surface area contributed by atoms with E-state index in [-0.39, 0.29) is 42.2 Å². The topological polar surface area (TPSA) is 99.6 Å². The van der Waals surface area contributed by atoms with Gasteiger partial charge in [0.15, 0.2) is 0 Å². The molecule has 3 amide bonds. The van der Waals surface area contributed by atoms with Gasteiger partial charge in [0.2, 0.25) is 17.7 Å². The molecule has 0 radical (unpaired) electrons. The standard InChI is InChI=1S/C32H44BrN3O6/c1-5-9-10-18-34(16-6-2)31(40)28-32-21-24(33)27(42-32)25(26(32)30(39)36(28)19-11-20-37)29(38)35(17-7-3)22-12-14-23(15-13-22)41-8-4/h6-7,12-15,24-28,37H,2-3,5,8-11,16-21H2,1,4H3/t24?,25-,26-,27-,28?,32?/m0/s1. The van der Waals surface area contributed by atoms with Crippen LogP contribution >= 0.6 is 15.9 Å². The van der Waals surface area contributed by atoms with Gasteiger partial charge in [0.1, 0.15) is 17.4 Å². The number of benzene rings is 1. The van der Waals surface area contributed by atoms with Crippen molar-refractivity contribution in [1.29, 1.82) is 0 Å². The van der Waals surface area contributed by atoms with Gasteiger partial charge in [-0.3, -0.25) is 14.4 Å². The van der Waals surface area contributed by atoms with E-state index in [9.17, 15) is 19.5 Å². The summed E-state index contributed by atoms with van der Waals surface area (Å²) in [5.41, 5.74) is -0.486. The summed E-state index contributed by atoms with van der Waals surface area (Å²) >= 11 is 3.75. The summed E-state index contributed by atoms with van der Waals surface area (Å²) < 4.78 is 12.2. The van der Waals surface area contributed by atoms with Gasteiger partial charge in [0.25, 0.3) is 0 Å². The fourth-order valence-corrected chi connectivity index (χ4v) is 7.81. The second-order valence-corrected chi connectivity index (χ2v) is 12.4. The van der Waals surface area contributed by atoms with Crippen LogP contribution in [0.4, 0.5) is 5.69 Å². The van der Waals surface area contributed by atoms with Gasteiger partial charge >= 0.3 is 0 Å². The van der Waals surface area contributed by atoms with Crippen LogP contribution in [-0.4, -0.2) is 94.6 Å². The van der Waals surface area contributed by atoms with Crippen LogP contribution in [0.15, 0.2) is 49.6 Å². The lowest BCUT2D eigenvalue weighted by Gasteiger charge is -2.37. The Morgan fingerprint density at radius 1 is 1.14 bits per heavy atom. The predicted octanol–water partition coefficient (Wildman–Crippen LogP) is 3.94.